The van der Waals surface area contributed by atoms with Crippen molar-refractivity contribution in [1.29, 1.82) is 0 Å². The molecule has 0 unspecified atom stereocenters. The molecule has 1 heterocycles. The van der Waals surface area contributed by atoms with Gasteiger partial charge in [-0.15, -0.1) is 0 Å². The average Bonchev–Trinajstić information content (AvgIpc) is 2.34. The van der Waals surface area contributed by atoms with Crippen LogP contribution in [0.3, 0.4) is 0 Å². The highest BCUT2D eigenvalue weighted by Gasteiger charge is 2.16. The van der Waals surface area contributed by atoms with Crippen LogP contribution < -0.4 is 10.9 Å². The highest BCUT2D eigenvalue weighted by Crippen LogP contribution is 2.14. The molecular weight excluding hydrogens is 316 g/mol. The lowest BCUT2D eigenvalue weighted by molar-refractivity contribution is -0.123. The first-order valence-electron chi connectivity index (χ1n) is 7.32. The van der Waals surface area contributed by atoms with Crippen LogP contribution in [0.5, 0.6) is 0 Å². The highest BCUT2D eigenvalue weighted by molar-refractivity contribution is 6.31. The van der Waals surface area contributed by atoms with Gasteiger partial charge in [-0.05, 0) is 46.0 Å². The van der Waals surface area contributed by atoms with Crippen LogP contribution in [0.4, 0.5) is 0 Å². The first-order chi connectivity index (χ1) is 10.6. The van der Waals surface area contributed by atoms with Crippen molar-refractivity contribution >= 4 is 28.4 Å². The zero-order valence-electron chi connectivity index (χ0n) is 13.7. The zero-order valence-corrected chi connectivity index (χ0v) is 14.5. The van der Waals surface area contributed by atoms with Crippen molar-refractivity contribution in [1.82, 2.24) is 20.2 Å². The summed E-state index contributed by atoms with van der Waals surface area (Å²) in [5, 5.41) is 3.91. The summed E-state index contributed by atoms with van der Waals surface area (Å²) < 4.78 is 0. The minimum absolute atomic E-state index is 0.0776. The zero-order chi connectivity index (χ0) is 17.2. The predicted molar refractivity (Wildman–Crippen MR) is 91.6 cm³/mol. The van der Waals surface area contributed by atoms with Gasteiger partial charge >= 0.3 is 0 Å². The van der Waals surface area contributed by atoms with Crippen LogP contribution in [0, 0.1) is 0 Å². The van der Waals surface area contributed by atoms with Crippen molar-refractivity contribution in [2.45, 2.75) is 32.9 Å². The molecule has 0 radical (unpaired) electrons. The minimum atomic E-state index is -0.274. The fourth-order valence-corrected chi connectivity index (χ4v) is 2.42. The Morgan fingerprint density at radius 2 is 2.09 bits per heavy atom. The second-order valence-corrected chi connectivity index (χ2v) is 7.08. The molecule has 0 aliphatic rings. The lowest BCUT2D eigenvalue weighted by Crippen LogP contribution is -2.45. The number of hydrogen-bond donors (Lipinski definition) is 2. The van der Waals surface area contributed by atoms with Gasteiger partial charge in [0, 0.05) is 10.6 Å². The van der Waals surface area contributed by atoms with E-state index in [1.54, 1.807) is 30.1 Å². The molecule has 7 heteroatoms. The van der Waals surface area contributed by atoms with Crippen LogP contribution in [0.1, 0.15) is 26.6 Å². The van der Waals surface area contributed by atoms with Crippen LogP contribution in [-0.2, 0) is 11.3 Å². The number of carbonyl (C=O) groups is 1. The van der Waals surface area contributed by atoms with E-state index in [-0.39, 0.29) is 23.6 Å². The number of likely N-dealkylation sites (N-methyl/N-ethyl adjacent to an activating group) is 1. The van der Waals surface area contributed by atoms with Crippen molar-refractivity contribution < 1.29 is 4.79 Å². The summed E-state index contributed by atoms with van der Waals surface area (Å²) in [4.78, 5) is 32.9. The molecule has 0 saturated carbocycles. The first kappa shape index (κ1) is 17.4. The number of nitrogens with one attached hydrogen (secondary N) is 2. The van der Waals surface area contributed by atoms with E-state index in [9.17, 15) is 9.59 Å². The number of aromatic amines is 1. The molecule has 2 rings (SSSR count). The van der Waals surface area contributed by atoms with E-state index in [1.165, 1.54) is 0 Å². The summed E-state index contributed by atoms with van der Waals surface area (Å²) in [6.07, 6.45) is 0. The minimum Gasteiger partial charge on any atom is -0.350 e. The summed E-state index contributed by atoms with van der Waals surface area (Å²) >= 11 is 5.94. The van der Waals surface area contributed by atoms with E-state index < -0.39 is 0 Å². The number of halogens is 1. The molecule has 1 aromatic heterocycles. The lowest BCUT2D eigenvalue weighted by atomic mass is 10.1. The van der Waals surface area contributed by atoms with Crippen molar-refractivity contribution in [2.75, 3.05) is 13.6 Å². The fraction of sp³-hybridized carbons (Fsp3) is 0.438. The normalized spacial score (nSPS) is 11.9. The Kier molecular flexibility index (Phi) is 5.06. The third kappa shape index (κ3) is 5.04. The predicted octanol–water partition coefficient (Wildman–Crippen LogP) is 1.92. The molecule has 0 saturated heterocycles. The molecule has 0 aliphatic heterocycles. The third-order valence-electron chi connectivity index (χ3n) is 3.07. The molecule has 0 atom stereocenters. The molecule has 1 amide bonds. The van der Waals surface area contributed by atoms with Gasteiger partial charge in [0.15, 0.2) is 0 Å². The van der Waals surface area contributed by atoms with Crippen molar-refractivity contribution in [3.05, 3.63) is 39.4 Å². The van der Waals surface area contributed by atoms with Crippen LogP contribution >= 0.6 is 11.6 Å². The number of benzene rings is 1. The standard InChI is InChI=1S/C16H21ClN4O2/c1-16(2,3)20-14(22)9-21(4)8-13-18-12-7-10(17)5-6-11(12)15(23)19-13/h5-7H,8-9H2,1-4H3,(H,20,22)(H,18,19,23). The van der Waals surface area contributed by atoms with Crippen molar-refractivity contribution in [2.24, 2.45) is 0 Å². The summed E-state index contributed by atoms with van der Waals surface area (Å²) in [5.41, 5.74) is 0.0579. The molecule has 0 aliphatic carbocycles. The van der Waals surface area contributed by atoms with Crippen LogP contribution in [-0.4, -0.2) is 39.9 Å². The number of carbonyl (C=O) groups excluding carboxylic acids is 1. The molecule has 0 bridgehead atoms. The van der Waals surface area contributed by atoms with E-state index in [1.807, 2.05) is 20.8 Å². The van der Waals surface area contributed by atoms with Crippen LogP contribution in [0.2, 0.25) is 5.02 Å². The van der Waals surface area contributed by atoms with Crippen LogP contribution in [0.15, 0.2) is 23.0 Å². The molecule has 1 aromatic carbocycles. The van der Waals surface area contributed by atoms with Gasteiger partial charge in [-0.2, -0.15) is 0 Å². The number of hydrogen-bond acceptors (Lipinski definition) is 4. The maximum Gasteiger partial charge on any atom is 0.258 e. The topological polar surface area (TPSA) is 78.1 Å². The maximum absolute atomic E-state index is 12.1. The van der Waals surface area contributed by atoms with Crippen molar-refractivity contribution in [3.63, 3.8) is 0 Å². The average molecular weight is 337 g/mol. The number of amides is 1. The molecular formula is C16H21ClN4O2. The lowest BCUT2D eigenvalue weighted by Gasteiger charge is -2.23. The smallest absolute Gasteiger partial charge is 0.258 e. The maximum atomic E-state index is 12.1. The summed E-state index contributed by atoms with van der Waals surface area (Å²) in [6.45, 7) is 6.36. The molecule has 2 N–H and O–H groups in total. The van der Waals surface area contributed by atoms with Gasteiger partial charge < -0.3 is 10.3 Å². The molecule has 124 valence electrons. The van der Waals surface area contributed by atoms with Gasteiger partial charge in [-0.3, -0.25) is 14.5 Å². The number of nitrogens with zero attached hydrogens (tertiary/aromatic N) is 2. The molecule has 0 fully saturated rings. The Labute approximate surface area is 139 Å². The third-order valence-corrected chi connectivity index (χ3v) is 3.30. The Bertz CT molecular complexity index is 780. The van der Waals surface area contributed by atoms with E-state index in [0.717, 1.165) is 0 Å². The first-order valence-corrected chi connectivity index (χ1v) is 7.70. The Balaban J connectivity index is 2.12. The van der Waals surface area contributed by atoms with Gasteiger partial charge in [0.2, 0.25) is 5.91 Å². The SMILES string of the molecule is CN(CC(=O)NC(C)(C)C)Cc1nc2cc(Cl)ccc2c(=O)[nH]1. The monoisotopic (exact) mass is 336 g/mol. The van der Waals surface area contributed by atoms with Gasteiger partial charge in [0.05, 0.1) is 24.0 Å². The van der Waals surface area contributed by atoms with Gasteiger partial charge in [-0.1, -0.05) is 11.6 Å². The highest BCUT2D eigenvalue weighted by atomic mass is 35.5. The quantitative estimate of drug-likeness (QED) is 0.894. The van der Waals surface area contributed by atoms with Gasteiger partial charge in [-0.25, -0.2) is 4.98 Å². The second-order valence-electron chi connectivity index (χ2n) is 6.64. The second kappa shape index (κ2) is 6.68. The number of aromatic nitrogens is 2. The molecule has 2 aromatic rings. The number of H-pyrrole nitrogens is 1. The Morgan fingerprint density at radius 3 is 2.74 bits per heavy atom. The summed E-state index contributed by atoms with van der Waals surface area (Å²) in [5.74, 6) is 0.419. The van der Waals surface area contributed by atoms with E-state index in [2.05, 4.69) is 15.3 Å². The largest absolute Gasteiger partial charge is 0.350 e. The van der Waals surface area contributed by atoms with E-state index in [4.69, 9.17) is 11.6 Å². The molecule has 0 spiro atoms. The number of rotatable bonds is 4. The van der Waals surface area contributed by atoms with E-state index in [0.29, 0.717) is 28.3 Å². The summed E-state index contributed by atoms with van der Waals surface area (Å²) in [7, 11) is 1.80. The fourth-order valence-electron chi connectivity index (χ4n) is 2.25. The Hall–Kier alpha value is -1.92. The van der Waals surface area contributed by atoms with Crippen molar-refractivity contribution in [3.8, 4) is 0 Å². The summed E-state index contributed by atoms with van der Waals surface area (Å²) in [6, 6.07) is 4.96. The Morgan fingerprint density at radius 1 is 1.39 bits per heavy atom. The molecule has 23 heavy (non-hydrogen) atoms. The molecule has 6 nitrogen and oxygen atoms in total. The number of fused-ring (bicyclic) bond motifs is 1. The van der Waals surface area contributed by atoms with E-state index >= 15 is 0 Å². The van der Waals surface area contributed by atoms with Gasteiger partial charge in [0.25, 0.3) is 5.56 Å². The van der Waals surface area contributed by atoms with Crippen LogP contribution in [0.25, 0.3) is 10.9 Å². The van der Waals surface area contributed by atoms with Gasteiger partial charge in [0.1, 0.15) is 5.82 Å².